The van der Waals surface area contributed by atoms with Crippen LogP contribution in [-0.2, 0) is 6.54 Å². The molecule has 4 nitrogen and oxygen atoms in total. The summed E-state index contributed by atoms with van der Waals surface area (Å²) in [6.07, 6.45) is 8.06. The number of nitrogens with zero attached hydrogens (tertiary/aromatic N) is 4. The zero-order valence-electron chi connectivity index (χ0n) is 15.8. The summed E-state index contributed by atoms with van der Waals surface area (Å²) in [6.45, 7) is 11.5. The summed E-state index contributed by atoms with van der Waals surface area (Å²) in [5.74, 6) is 0. The summed E-state index contributed by atoms with van der Waals surface area (Å²) in [5, 5.41) is 4.47. The fraction of sp³-hybridized carbons (Fsp3) is 0.571. The van der Waals surface area contributed by atoms with Gasteiger partial charge in [0.1, 0.15) is 0 Å². The van der Waals surface area contributed by atoms with Gasteiger partial charge in [-0.05, 0) is 69.0 Å². The quantitative estimate of drug-likeness (QED) is 0.852. The summed E-state index contributed by atoms with van der Waals surface area (Å²) in [7, 11) is 0. The fourth-order valence-electron chi connectivity index (χ4n) is 4.56. The lowest BCUT2D eigenvalue weighted by molar-refractivity contribution is -0.00629. The number of aryl methyl sites for hydroxylation is 2. The standard InChI is InChI=1S/C21H30N4/c1-16-11-17(2)20(21(12-16)25-10-6-8-22-25)15-23-13-19(14-23)24-9-5-4-7-18(24)3/h6,8,10-12,18-19H,4-5,7,9,13-15H2,1-3H3/t18-/m0/s1. The molecule has 2 saturated heterocycles. The van der Waals surface area contributed by atoms with E-state index in [9.17, 15) is 0 Å². The third-order valence-corrected chi connectivity index (χ3v) is 5.99. The summed E-state index contributed by atoms with van der Waals surface area (Å²) < 4.78 is 2.01. The van der Waals surface area contributed by atoms with Gasteiger partial charge >= 0.3 is 0 Å². The molecule has 0 unspecified atom stereocenters. The Morgan fingerprint density at radius 3 is 2.72 bits per heavy atom. The first-order valence-corrected chi connectivity index (χ1v) is 9.70. The van der Waals surface area contributed by atoms with Gasteiger partial charge in [0.2, 0.25) is 0 Å². The first-order valence-electron chi connectivity index (χ1n) is 9.70. The van der Waals surface area contributed by atoms with Crippen LogP contribution in [0.5, 0.6) is 0 Å². The highest BCUT2D eigenvalue weighted by Gasteiger charge is 2.35. The Bertz CT molecular complexity index is 716. The van der Waals surface area contributed by atoms with Crippen molar-refractivity contribution in [2.45, 2.75) is 58.7 Å². The van der Waals surface area contributed by atoms with E-state index in [4.69, 9.17) is 0 Å². The molecule has 0 N–H and O–H groups in total. The van der Waals surface area contributed by atoms with Crippen LogP contribution in [-0.4, -0.2) is 51.3 Å². The van der Waals surface area contributed by atoms with Crippen LogP contribution in [0.15, 0.2) is 30.6 Å². The average Bonchev–Trinajstić information content (AvgIpc) is 3.07. The number of likely N-dealkylation sites (tertiary alicyclic amines) is 2. The van der Waals surface area contributed by atoms with E-state index in [1.165, 1.54) is 61.3 Å². The van der Waals surface area contributed by atoms with Crippen molar-refractivity contribution in [3.05, 3.63) is 47.3 Å². The summed E-state index contributed by atoms with van der Waals surface area (Å²) in [5.41, 5.74) is 5.33. The molecule has 0 aliphatic carbocycles. The van der Waals surface area contributed by atoms with Crippen molar-refractivity contribution in [2.75, 3.05) is 19.6 Å². The zero-order valence-corrected chi connectivity index (χ0v) is 15.8. The Balaban J connectivity index is 1.47. The van der Waals surface area contributed by atoms with Crippen LogP contribution < -0.4 is 0 Å². The molecule has 0 amide bonds. The second kappa shape index (κ2) is 6.93. The Kier molecular flexibility index (Phi) is 4.65. The first kappa shape index (κ1) is 16.8. The number of aromatic nitrogens is 2. The highest BCUT2D eigenvalue weighted by molar-refractivity contribution is 5.48. The number of hydrogen-bond acceptors (Lipinski definition) is 3. The SMILES string of the molecule is Cc1cc(C)c(CN2CC(N3CCCC[C@@H]3C)C2)c(-n2cccn2)c1. The van der Waals surface area contributed by atoms with Gasteiger partial charge in [0.25, 0.3) is 0 Å². The zero-order chi connectivity index (χ0) is 17.4. The van der Waals surface area contributed by atoms with Crippen molar-refractivity contribution in [2.24, 2.45) is 0 Å². The molecule has 0 saturated carbocycles. The van der Waals surface area contributed by atoms with Crippen LogP contribution in [0.4, 0.5) is 0 Å². The predicted molar refractivity (Wildman–Crippen MR) is 102 cm³/mol. The second-order valence-electron chi connectivity index (χ2n) is 7.96. The van der Waals surface area contributed by atoms with Crippen molar-refractivity contribution in [1.82, 2.24) is 19.6 Å². The maximum absolute atomic E-state index is 4.47. The van der Waals surface area contributed by atoms with Crippen molar-refractivity contribution >= 4 is 0 Å². The summed E-state index contributed by atoms with van der Waals surface area (Å²) in [4.78, 5) is 5.34. The van der Waals surface area contributed by atoms with Crippen LogP contribution in [0.25, 0.3) is 5.69 Å². The van der Waals surface area contributed by atoms with Crippen LogP contribution in [0.3, 0.4) is 0 Å². The van der Waals surface area contributed by atoms with Gasteiger partial charge in [0, 0.05) is 44.1 Å². The lowest BCUT2D eigenvalue weighted by Gasteiger charge is -2.49. The van der Waals surface area contributed by atoms with E-state index in [0.717, 1.165) is 18.6 Å². The van der Waals surface area contributed by atoms with Gasteiger partial charge in [-0.15, -0.1) is 0 Å². The van der Waals surface area contributed by atoms with Gasteiger partial charge in [-0.3, -0.25) is 9.80 Å². The van der Waals surface area contributed by atoms with Crippen LogP contribution in [0.2, 0.25) is 0 Å². The highest BCUT2D eigenvalue weighted by atomic mass is 15.3. The van der Waals surface area contributed by atoms with Crippen LogP contribution in [0, 0.1) is 13.8 Å². The Hall–Kier alpha value is -1.65. The van der Waals surface area contributed by atoms with E-state index >= 15 is 0 Å². The van der Waals surface area contributed by atoms with Gasteiger partial charge in [-0.2, -0.15) is 5.10 Å². The largest absolute Gasteiger partial charge is 0.296 e. The maximum atomic E-state index is 4.47. The molecule has 25 heavy (non-hydrogen) atoms. The van der Waals surface area contributed by atoms with E-state index in [0.29, 0.717) is 0 Å². The number of benzene rings is 1. The smallest absolute Gasteiger partial charge is 0.0695 e. The molecule has 2 aromatic rings. The minimum absolute atomic E-state index is 0.759. The topological polar surface area (TPSA) is 24.3 Å². The minimum Gasteiger partial charge on any atom is -0.296 e. The predicted octanol–water partition coefficient (Wildman–Crippen LogP) is 3.55. The monoisotopic (exact) mass is 338 g/mol. The van der Waals surface area contributed by atoms with E-state index in [1.807, 2.05) is 23.1 Å². The average molecular weight is 338 g/mol. The Morgan fingerprint density at radius 1 is 1.16 bits per heavy atom. The maximum Gasteiger partial charge on any atom is 0.0695 e. The first-order chi connectivity index (χ1) is 12.1. The van der Waals surface area contributed by atoms with Gasteiger partial charge < -0.3 is 0 Å². The number of piperidine rings is 1. The van der Waals surface area contributed by atoms with Crippen molar-refractivity contribution in [3.63, 3.8) is 0 Å². The van der Waals surface area contributed by atoms with E-state index in [2.05, 4.69) is 47.8 Å². The highest BCUT2D eigenvalue weighted by Crippen LogP contribution is 2.28. The summed E-state index contributed by atoms with van der Waals surface area (Å²) in [6, 6.07) is 8.08. The molecule has 1 aromatic heterocycles. The Labute approximate surface area is 151 Å². The molecule has 0 spiro atoms. The number of rotatable bonds is 4. The van der Waals surface area contributed by atoms with Gasteiger partial charge in [-0.1, -0.05) is 12.5 Å². The van der Waals surface area contributed by atoms with E-state index in [-0.39, 0.29) is 0 Å². The van der Waals surface area contributed by atoms with Gasteiger partial charge in [-0.25, -0.2) is 4.68 Å². The Morgan fingerprint density at radius 2 is 2.00 bits per heavy atom. The second-order valence-corrected chi connectivity index (χ2v) is 7.96. The normalized spacial score (nSPS) is 22.9. The molecule has 1 atom stereocenters. The third-order valence-electron chi connectivity index (χ3n) is 5.99. The molecular weight excluding hydrogens is 308 g/mol. The van der Waals surface area contributed by atoms with Crippen molar-refractivity contribution in [1.29, 1.82) is 0 Å². The number of hydrogen-bond donors (Lipinski definition) is 0. The molecule has 4 heteroatoms. The van der Waals surface area contributed by atoms with Gasteiger partial charge in [0.05, 0.1) is 5.69 Å². The third kappa shape index (κ3) is 3.38. The molecular formula is C21H30N4. The molecule has 1 aromatic carbocycles. The van der Waals surface area contributed by atoms with Crippen molar-refractivity contribution < 1.29 is 0 Å². The molecule has 2 aliphatic rings. The molecule has 0 bridgehead atoms. The lowest BCUT2D eigenvalue weighted by atomic mass is 9.96. The molecule has 2 fully saturated rings. The molecule has 0 radical (unpaired) electrons. The summed E-state index contributed by atoms with van der Waals surface area (Å²) >= 11 is 0. The minimum atomic E-state index is 0.759. The van der Waals surface area contributed by atoms with E-state index in [1.54, 1.807) is 0 Å². The van der Waals surface area contributed by atoms with E-state index < -0.39 is 0 Å². The van der Waals surface area contributed by atoms with Gasteiger partial charge in [0.15, 0.2) is 0 Å². The van der Waals surface area contributed by atoms with Crippen molar-refractivity contribution in [3.8, 4) is 5.69 Å². The van der Waals surface area contributed by atoms with Crippen LogP contribution >= 0.6 is 0 Å². The fourth-order valence-corrected chi connectivity index (χ4v) is 4.56. The molecule has 4 rings (SSSR count). The molecule has 2 aliphatic heterocycles. The molecule has 3 heterocycles. The molecule has 134 valence electrons. The lowest BCUT2D eigenvalue weighted by Crippen LogP contribution is -2.61. The van der Waals surface area contributed by atoms with Crippen LogP contribution in [0.1, 0.15) is 42.9 Å².